The fourth-order valence-corrected chi connectivity index (χ4v) is 4.26. The molecule has 0 bridgehead atoms. The zero-order valence-corrected chi connectivity index (χ0v) is 19.1. The summed E-state index contributed by atoms with van der Waals surface area (Å²) in [6.07, 6.45) is 11.0. The minimum atomic E-state index is 0.476. The molecule has 3 rings (SSSR count). The maximum atomic E-state index is 9.61. The first-order chi connectivity index (χ1) is 15.2. The van der Waals surface area contributed by atoms with Crippen molar-refractivity contribution in [2.45, 2.75) is 77.7 Å². The van der Waals surface area contributed by atoms with Gasteiger partial charge in [0.2, 0.25) is 0 Å². The number of nitriles is 1. The van der Waals surface area contributed by atoms with Crippen LogP contribution in [0.1, 0.15) is 86.6 Å². The highest BCUT2D eigenvalue weighted by Gasteiger charge is 2.21. The van der Waals surface area contributed by atoms with Crippen LogP contribution in [0.3, 0.4) is 0 Å². The van der Waals surface area contributed by atoms with Crippen molar-refractivity contribution in [1.82, 2.24) is 0 Å². The molecule has 1 aliphatic rings. The van der Waals surface area contributed by atoms with Crippen LogP contribution in [0, 0.1) is 29.1 Å². The van der Waals surface area contributed by atoms with Gasteiger partial charge in [-0.3, -0.25) is 0 Å². The van der Waals surface area contributed by atoms with E-state index in [1.807, 2.05) is 12.1 Å². The van der Waals surface area contributed by atoms with Gasteiger partial charge in [-0.2, -0.15) is 5.26 Å². The van der Waals surface area contributed by atoms with Crippen LogP contribution in [0.5, 0.6) is 0 Å². The fourth-order valence-electron chi connectivity index (χ4n) is 4.26. The van der Waals surface area contributed by atoms with Crippen LogP contribution < -0.4 is 0 Å². The number of hydrogen-bond donors (Lipinski definition) is 0. The predicted molar refractivity (Wildman–Crippen MR) is 128 cm³/mol. The smallest absolute Gasteiger partial charge is 0.100 e. The molecule has 0 aliphatic heterocycles. The van der Waals surface area contributed by atoms with Gasteiger partial charge in [0.25, 0.3) is 0 Å². The van der Waals surface area contributed by atoms with E-state index < -0.39 is 0 Å². The Hall–Kier alpha value is -2.55. The van der Waals surface area contributed by atoms with Gasteiger partial charge < -0.3 is 4.74 Å². The lowest BCUT2D eigenvalue weighted by Crippen LogP contribution is -2.22. The summed E-state index contributed by atoms with van der Waals surface area (Å²) in [5, 5.41) is 9.61. The number of hydrogen-bond acceptors (Lipinski definition) is 2. The third kappa shape index (κ3) is 7.27. The van der Waals surface area contributed by atoms with Gasteiger partial charge in [-0.25, -0.2) is 0 Å². The predicted octanol–water partition coefficient (Wildman–Crippen LogP) is 6.83. The number of nitrogens with zero attached hydrogens (tertiary/aromatic N) is 1. The van der Waals surface area contributed by atoms with Crippen LogP contribution in [-0.2, 0) is 17.6 Å². The van der Waals surface area contributed by atoms with E-state index in [2.05, 4.69) is 62.1 Å². The lowest BCUT2D eigenvalue weighted by Gasteiger charge is -2.28. The Kier molecular flexibility index (Phi) is 9.20. The number of ether oxygens (including phenoxy) is 1. The van der Waals surface area contributed by atoms with Crippen molar-refractivity contribution in [3.8, 4) is 17.9 Å². The fraction of sp³-hybridized carbons (Fsp3) is 0.483. The van der Waals surface area contributed by atoms with Gasteiger partial charge in [-0.05, 0) is 92.7 Å². The van der Waals surface area contributed by atoms with Crippen molar-refractivity contribution in [2.75, 3.05) is 6.61 Å². The van der Waals surface area contributed by atoms with Gasteiger partial charge in [-0.15, -0.1) is 0 Å². The van der Waals surface area contributed by atoms with Crippen LogP contribution in [0.2, 0.25) is 0 Å². The lowest BCUT2D eigenvalue weighted by molar-refractivity contribution is 0.0159. The highest BCUT2D eigenvalue weighted by molar-refractivity contribution is 5.52. The summed E-state index contributed by atoms with van der Waals surface area (Å²) in [4.78, 5) is 0. The molecule has 1 aliphatic carbocycles. The van der Waals surface area contributed by atoms with Gasteiger partial charge in [-0.1, -0.05) is 50.3 Å². The summed E-state index contributed by atoms with van der Waals surface area (Å²) >= 11 is 0. The SMILES string of the molecule is CCCCOC1CCC(CCc2ccc(C#Cc3ccc(CC)cc3)c(C#N)c2)CC1. The molecule has 0 aromatic heterocycles. The Morgan fingerprint density at radius 3 is 2.32 bits per heavy atom. The minimum absolute atomic E-state index is 0.476. The van der Waals surface area contributed by atoms with Crippen LogP contribution >= 0.6 is 0 Å². The van der Waals surface area contributed by atoms with Gasteiger partial charge >= 0.3 is 0 Å². The topological polar surface area (TPSA) is 33.0 Å². The number of unbranched alkanes of at least 4 members (excludes halogenated alkanes) is 1. The molecule has 31 heavy (non-hydrogen) atoms. The standard InChI is InChI=1S/C29H35NO/c1-3-5-20-31-29-18-14-25(15-19-29)10-11-26-13-17-27(28(21-26)22-30)16-12-24-8-6-23(4-2)7-9-24/h6-9,13,17,21,25,29H,3-5,10-11,14-15,18-20H2,1-2H3. The first-order valence-electron chi connectivity index (χ1n) is 12.0. The molecule has 0 heterocycles. The highest BCUT2D eigenvalue weighted by Crippen LogP contribution is 2.30. The largest absolute Gasteiger partial charge is 0.378 e. The summed E-state index contributed by atoms with van der Waals surface area (Å²) in [6.45, 7) is 5.28. The molecule has 0 N–H and O–H groups in total. The monoisotopic (exact) mass is 413 g/mol. The average Bonchev–Trinajstić information content (AvgIpc) is 2.83. The van der Waals surface area contributed by atoms with Crippen LogP contribution in [0.4, 0.5) is 0 Å². The van der Waals surface area contributed by atoms with Crippen molar-refractivity contribution in [2.24, 2.45) is 5.92 Å². The van der Waals surface area contributed by atoms with Crippen molar-refractivity contribution >= 4 is 0 Å². The van der Waals surface area contributed by atoms with Crippen LogP contribution in [0.15, 0.2) is 42.5 Å². The van der Waals surface area contributed by atoms with E-state index in [1.54, 1.807) is 0 Å². The molecule has 2 heteroatoms. The molecule has 2 aromatic carbocycles. The second-order valence-corrected chi connectivity index (χ2v) is 8.70. The Labute approximate surface area is 188 Å². The molecule has 0 saturated heterocycles. The molecule has 162 valence electrons. The van der Waals surface area contributed by atoms with Crippen molar-refractivity contribution in [3.05, 3.63) is 70.3 Å². The summed E-state index contributed by atoms with van der Waals surface area (Å²) in [6, 6.07) is 16.9. The maximum absolute atomic E-state index is 9.61. The second-order valence-electron chi connectivity index (χ2n) is 8.70. The molecule has 2 aromatic rings. The third-order valence-corrected chi connectivity index (χ3v) is 6.39. The summed E-state index contributed by atoms with van der Waals surface area (Å²) in [7, 11) is 0. The zero-order chi connectivity index (χ0) is 21.9. The average molecular weight is 414 g/mol. The van der Waals surface area contributed by atoms with E-state index in [9.17, 15) is 5.26 Å². The molecule has 0 unspecified atom stereocenters. The molecule has 0 atom stereocenters. The first-order valence-corrected chi connectivity index (χ1v) is 12.0. The van der Waals surface area contributed by atoms with E-state index in [4.69, 9.17) is 4.74 Å². The Balaban J connectivity index is 1.52. The van der Waals surface area contributed by atoms with E-state index in [0.717, 1.165) is 36.5 Å². The van der Waals surface area contributed by atoms with E-state index in [0.29, 0.717) is 11.7 Å². The molecule has 0 spiro atoms. The van der Waals surface area contributed by atoms with Crippen LogP contribution in [-0.4, -0.2) is 12.7 Å². The Morgan fingerprint density at radius 1 is 0.903 bits per heavy atom. The zero-order valence-electron chi connectivity index (χ0n) is 19.1. The normalized spacial score (nSPS) is 18.1. The number of aryl methyl sites for hydroxylation is 2. The van der Waals surface area contributed by atoms with Crippen molar-refractivity contribution in [3.63, 3.8) is 0 Å². The quantitative estimate of drug-likeness (QED) is 0.351. The molecule has 1 fully saturated rings. The molecular formula is C29H35NO. The molecule has 2 nitrogen and oxygen atoms in total. The second kappa shape index (κ2) is 12.3. The van der Waals surface area contributed by atoms with Gasteiger partial charge in [0.1, 0.15) is 6.07 Å². The maximum Gasteiger partial charge on any atom is 0.100 e. The van der Waals surface area contributed by atoms with E-state index >= 15 is 0 Å². The van der Waals surface area contributed by atoms with Crippen LogP contribution in [0.25, 0.3) is 0 Å². The first kappa shape index (κ1) is 23.1. The molecule has 0 radical (unpaired) electrons. The Bertz CT molecular complexity index is 918. The molecule has 1 saturated carbocycles. The summed E-state index contributed by atoms with van der Waals surface area (Å²) in [5.41, 5.74) is 5.04. The minimum Gasteiger partial charge on any atom is -0.378 e. The summed E-state index contributed by atoms with van der Waals surface area (Å²) < 4.78 is 6.00. The van der Waals surface area contributed by atoms with Crippen molar-refractivity contribution in [1.29, 1.82) is 5.26 Å². The Morgan fingerprint density at radius 2 is 1.65 bits per heavy atom. The third-order valence-electron chi connectivity index (χ3n) is 6.39. The van der Waals surface area contributed by atoms with E-state index in [1.165, 1.54) is 56.1 Å². The molecule has 0 amide bonds. The highest BCUT2D eigenvalue weighted by atomic mass is 16.5. The molecular weight excluding hydrogens is 378 g/mol. The van der Waals surface area contributed by atoms with Gasteiger partial charge in [0, 0.05) is 17.7 Å². The van der Waals surface area contributed by atoms with Gasteiger partial charge in [0.15, 0.2) is 0 Å². The lowest BCUT2D eigenvalue weighted by atomic mass is 9.83. The van der Waals surface area contributed by atoms with Crippen molar-refractivity contribution < 1.29 is 4.74 Å². The summed E-state index contributed by atoms with van der Waals surface area (Å²) in [5.74, 6) is 7.17. The van der Waals surface area contributed by atoms with E-state index in [-0.39, 0.29) is 0 Å². The number of benzene rings is 2. The number of rotatable bonds is 8. The van der Waals surface area contributed by atoms with Gasteiger partial charge in [0.05, 0.1) is 11.7 Å².